The molecule has 170 valence electrons. The van der Waals surface area contributed by atoms with E-state index in [0.29, 0.717) is 25.7 Å². The van der Waals surface area contributed by atoms with Crippen LogP contribution in [0.25, 0.3) is 0 Å². The van der Waals surface area contributed by atoms with Gasteiger partial charge in [0.1, 0.15) is 0 Å². The summed E-state index contributed by atoms with van der Waals surface area (Å²) in [4.78, 5) is 30.5. The highest BCUT2D eigenvalue weighted by molar-refractivity contribution is 14.0. The Hall–Kier alpha value is -1.10. The van der Waals surface area contributed by atoms with Crippen LogP contribution in [0.1, 0.15) is 53.9 Å². The maximum Gasteiger partial charge on any atom is 0.234 e. The fraction of sp³-hybridized carbons (Fsp3) is 0.850. The van der Waals surface area contributed by atoms with Crippen molar-refractivity contribution in [3.63, 3.8) is 0 Å². The molecule has 0 atom stereocenters. The van der Waals surface area contributed by atoms with Gasteiger partial charge < -0.3 is 21.3 Å². The van der Waals surface area contributed by atoms with Crippen LogP contribution in [0.15, 0.2) is 4.99 Å². The van der Waals surface area contributed by atoms with Gasteiger partial charge in [-0.05, 0) is 26.2 Å². The van der Waals surface area contributed by atoms with Crippen molar-refractivity contribution in [2.24, 2.45) is 10.4 Å². The number of halogens is 1. The minimum Gasteiger partial charge on any atom is -0.357 e. The minimum absolute atomic E-state index is 0. The van der Waals surface area contributed by atoms with Crippen molar-refractivity contribution in [3.05, 3.63) is 0 Å². The zero-order valence-electron chi connectivity index (χ0n) is 18.8. The largest absolute Gasteiger partial charge is 0.357 e. The molecule has 2 amide bonds. The van der Waals surface area contributed by atoms with Gasteiger partial charge in [-0.3, -0.25) is 19.5 Å². The van der Waals surface area contributed by atoms with Crippen molar-refractivity contribution in [1.29, 1.82) is 0 Å². The number of amides is 2. The molecular weight excluding hydrogens is 483 g/mol. The van der Waals surface area contributed by atoms with Gasteiger partial charge in [-0.2, -0.15) is 0 Å². The maximum absolute atomic E-state index is 11.9. The second kappa shape index (κ2) is 14.8. The van der Waals surface area contributed by atoms with Crippen LogP contribution in [0.4, 0.5) is 0 Å². The SMILES string of the molecule is CCCNC(=O)CN1CCC(NC(=NCCNC(=O)C(C)(C)C)NCC)CC1.I. The number of piperidine rings is 1. The van der Waals surface area contributed by atoms with Gasteiger partial charge in [-0.1, -0.05) is 27.7 Å². The topological polar surface area (TPSA) is 97.9 Å². The third kappa shape index (κ3) is 12.2. The maximum atomic E-state index is 11.9. The van der Waals surface area contributed by atoms with Gasteiger partial charge in [0.2, 0.25) is 11.8 Å². The van der Waals surface area contributed by atoms with Gasteiger partial charge in [0.25, 0.3) is 0 Å². The van der Waals surface area contributed by atoms with Crippen molar-refractivity contribution in [1.82, 2.24) is 26.2 Å². The molecule has 0 aromatic rings. The third-order valence-electron chi connectivity index (χ3n) is 4.56. The van der Waals surface area contributed by atoms with E-state index in [1.165, 1.54) is 0 Å². The summed E-state index contributed by atoms with van der Waals surface area (Å²) in [6, 6.07) is 0.344. The first-order valence-corrected chi connectivity index (χ1v) is 10.6. The van der Waals surface area contributed by atoms with Crippen molar-refractivity contribution in [3.8, 4) is 0 Å². The first kappa shape index (κ1) is 27.9. The van der Waals surface area contributed by atoms with Crippen LogP contribution >= 0.6 is 24.0 Å². The van der Waals surface area contributed by atoms with Gasteiger partial charge in [0.15, 0.2) is 5.96 Å². The Morgan fingerprint density at radius 2 is 1.69 bits per heavy atom. The Kier molecular flexibility index (Phi) is 14.3. The van der Waals surface area contributed by atoms with E-state index in [1.54, 1.807) is 0 Å². The number of hydrogen-bond acceptors (Lipinski definition) is 4. The number of aliphatic imine (C=N–C) groups is 1. The van der Waals surface area contributed by atoms with E-state index in [0.717, 1.165) is 51.4 Å². The Morgan fingerprint density at radius 1 is 1.03 bits per heavy atom. The number of nitrogens with zero attached hydrogens (tertiary/aromatic N) is 2. The van der Waals surface area contributed by atoms with Crippen LogP contribution in [0.5, 0.6) is 0 Å². The fourth-order valence-corrected chi connectivity index (χ4v) is 2.87. The van der Waals surface area contributed by atoms with E-state index in [4.69, 9.17) is 0 Å². The summed E-state index contributed by atoms with van der Waals surface area (Å²) in [7, 11) is 0. The molecule has 4 N–H and O–H groups in total. The summed E-state index contributed by atoms with van der Waals surface area (Å²) in [6.07, 6.45) is 2.92. The van der Waals surface area contributed by atoms with E-state index < -0.39 is 0 Å². The predicted octanol–water partition coefficient (Wildman–Crippen LogP) is 1.31. The standard InChI is InChI=1S/C20H40N6O2.HI/c1-6-10-22-17(27)15-26-13-8-16(9-14-26)25-19(21-7-2)24-12-11-23-18(28)20(3,4)5;/h16H,6-15H2,1-5H3,(H,22,27)(H,23,28)(H2,21,24,25);1H. The molecule has 9 heteroatoms. The van der Waals surface area contributed by atoms with Crippen molar-refractivity contribution < 1.29 is 9.59 Å². The molecule has 1 rings (SSSR count). The second-order valence-corrected chi connectivity index (χ2v) is 8.31. The van der Waals surface area contributed by atoms with Crippen LogP contribution in [0.3, 0.4) is 0 Å². The molecule has 29 heavy (non-hydrogen) atoms. The molecule has 1 fully saturated rings. The molecule has 8 nitrogen and oxygen atoms in total. The molecule has 0 radical (unpaired) electrons. The van der Waals surface area contributed by atoms with Crippen LogP contribution in [-0.4, -0.2) is 74.5 Å². The Bertz CT molecular complexity index is 514. The summed E-state index contributed by atoms with van der Waals surface area (Å²) in [6.45, 7) is 14.7. The highest BCUT2D eigenvalue weighted by Crippen LogP contribution is 2.12. The molecule has 0 aromatic carbocycles. The highest BCUT2D eigenvalue weighted by Gasteiger charge is 2.22. The highest BCUT2D eigenvalue weighted by atomic mass is 127. The summed E-state index contributed by atoms with van der Waals surface area (Å²) >= 11 is 0. The number of carbonyl (C=O) groups excluding carboxylic acids is 2. The molecule has 0 bridgehead atoms. The summed E-state index contributed by atoms with van der Waals surface area (Å²) in [5, 5.41) is 12.6. The zero-order chi connectivity index (χ0) is 21.0. The molecule has 1 saturated heterocycles. The van der Waals surface area contributed by atoms with Crippen LogP contribution in [0.2, 0.25) is 0 Å². The van der Waals surface area contributed by atoms with Gasteiger partial charge in [0, 0.05) is 44.2 Å². The lowest BCUT2D eigenvalue weighted by molar-refractivity contribution is -0.128. The normalized spacial score (nSPS) is 16.0. The Labute approximate surface area is 193 Å². The number of nitrogens with one attached hydrogen (secondary N) is 4. The quantitative estimate of drug-likeness (QED) is 0.158. The molecule has 1 heterocycles. The van der Waals surface area contributed by atoms with Crippen molar-refractivity contribution in [2.75, 3.05) is 45.8 Å². The van der Waals surface area contributed by atoms with Gasteiger partial charge in [0.05, 0.1) is 13.1 Å². The second-order valence-electron chi connectivity index (χ2n) is 8.31. The lowest BCUT2D eigenvalue weighted by Crippen LogP contribution is -2.50. The van der Waals surface area contributed by atoms with Crippen LogP contribution < -0.4 is 21.3 Å². The number of likely N-dealkylation sites (tertiary alicyclic amines) is 1. The van der Waals surface area contributed by atoms with Gasteiger partial charge in [-0.25, -0.2) is 0 Å². The van der Waals surface area contributed by atoms with E-state index in [1.807, 2.05) is 27.7 Å². The Balaban J connectivity index is 0.00000784. The molecule has 0 aliphatic carbocycles. The molecular formula is C20H41IN6O2. The minimum atomic E-state index is -0.381. The first-order chi connectivity index (χ1) is 13.3. The zero-order valence-corrected chi connectivity index (χ0v) is 21.1. The number of guanidine groups is 1. The lowest BCUT2D eigenvalue weighted by Gasteiger charge is -2.32. The summed E-state index contributed by atoms with van der Waals surface area (Å²) in [5.41, 5.74) is -0.381. The van der Waals surface area contributed by atoms with Gasteiger partial charge in [-0.15, -0.1) is 24.0 Å². The van der Waals surface area contributed by atoms with E-state index in [-0.39, 0.29) is 41.2 Å². The lowest BCUT2D eigenvalue weighted by atomic mass is 9.96. The summed E-state index contributed by atoms with van der Waals surface area (Å²) < 4.78 is 0. The number of carbonyl (C=O) groups is 2. The smallest absolute Gasteiger partial charge is 0.234 e. The van der Waals surface area contributed by atoms with E-state index in [9.17, 15) is 9.59 Å². The average Bonchev–Trinajstić information content (AvgIpc) is 2.64. The fourth-order valence-electron chi connectivity index (χ4n) is 2.87. The number of hydrogen-bond donors (Lipinski definition) is 4. The summed E-state index contributed by atoms with van der Waals surface area (Å²) in [5.74, 6) is 0.933. The average molecular weight is 524 g/mol. The molecule has 1 aliphatic heterocycles. The van der Waals surface area contributed by atoms with Crippen molar-refractivity contribution in [2.45, 2.75) is 59.9 Å². The molecule has 0 saturated carbocycles. The van der Waals surface area contributed by atoms with Crippen molar-refractivity contribution >= 4 is 41.8 Å². The van der Waals surface area contributed by atoms with E-state index >= 15 is 0 Å². The number of rotatable bonds is 9. The molecule has 0 spiro atoms. The molecule has 0 aromatic heterocycles. The van der Waals surface area contributed by atoms with E-state index in [2.05, 4.69) is 38.1 Å². The molecule has 1 aliphatic rings. The monoisotopic (exact) mass is 524 g/mol. The van der Waals surface area contributed by atoms with Crippen LogP contribution in [0, 0.1) is 5.41 Å². The van der Waals surface area contributed by atoms with Crippen LogP contribution in [-0.2, 0) is 9.59 Å². The predicted molar refractivity (Wildman–Crippen MR) is 130 cm³/mol. The van der Waals surface area contributed by atoms with Gasteiger partial charge >= 0.3 is 0 Å². The Morgan fingerprint density at radius 3 is 2.24 bits per heavy atom. The molecule has 0 unspecified atom stereocenters. The first-order valence-electron chi connectivity index (χ1n) is 10.6. The third-order valence-corrected chi connectivity index (χ3v) is 4.56.